The fraction of sp³-hybridized carbons (Fsp3) is 0.333. The Bertz CT molecular complexity index is 138. The normalized spacial score (nSPS) is 13.5. The lowest BCUT2D eigenvalue weighted by Crippen LogP contribution is -1.99. The fourth-order valence-corrected chi connectivity index (χ4v) is 0.406. The van der Waals surface area contributed by atoms with Crippen LogP contribution in [0.25, 0.3) is 0 Å². The summed E-state index contributed by atoms with van der Waals surface area (Å²) in [6.07, 6.45) is 11.6. The number of nitrogens with zero attached hydrogens (tertiary/aromatic N) is 1. The van der Waals surface area contributed by atoms with E-state index in [4.69, 9.17) is 0 Å². The van der Waals surface area contributed by atoms with Crippen LogP contribution in [0.15, 0.2) is 36.7 Å². The monoisotopic (exact) mass is 152 g/mol. The van der Waals surface area contributed by atoms with Gasteiger partial charge in [0.2, 0.25) is 0 Å². The summed E-state index contributed by atoms with van der Waals surface area (Å²) in [6, 6.07) is 0. The topological polar surface area (TPSA) is 15.3 Å². The second-order valence-corrected chi connectivity index (χ2v) is 2.61. The van der Waals surface area contributed by atoms with Crippen LogP contribution in [0.5, 0.6) is 0 Å². The van der Waals surface area contributed by atoms with Gasteiger partial charge in [-0.05, 0) is 33.3 Å². The molecule has 2 nitrogen and oxygen atoms in total. The van der Waals surface area contributed by atoms with Gasteiger partial charge in [0.05, 0.1) is 0 Å². The van der Waals surface area contributed by atoms with Gasteiger partial charge in [-0.15, -0.1) is 0 Å². The zero-order valence-electron chi connectivity index (χ0n) is 7.41. The molecule has 0 aromatic carbocycles. The maximum absolute atomic E-state index is 2.92. The van der Waals surface area contributed by atoms with Crippen molar-refractivity contribution >= 4 is 0 Å². The molecule has 0 spiro atoms. The van der Waals surface area contributed by atoms with Crippen LogP contribution in [0.3, 0.4) is 0 Å². The van der Waals surface area contributed by atoms with Gasteiger partial charge in [-0.2, -0.15) is 0 Å². The Morgan fingerprint density at radius 2 is 1.18 bits per heavy atom. The lowest BCUT2D eigenvalue weighted by molar-refractivity contribution is 0.505. The highest BCUT2D eigenvalue weighted by Gasteiger charge is 1.67. The minimum Gasteiger partial charge on any atom is -0.368 e. The molecule has 1 heterocycles. The minimum atomic E-state index is 1.88. The van der Waals surface area contributed by atoms with E-state index >= 15 is 0 Å². The molecule has 0 saturated carbocycles. The van der Waals surface area contributed by atoms with E-state index in [1.54, 1.807) is 0 Å². The molecule has 11 heavy (non-hydrogen) atoms. The van der Waals surface area contributed by atoms with Crippen LogP contribution >= 0.6 is 0 Å². The van der Waals surface area contributed by atoms with Crippen molar-refractivity contribution < 1.29 is 0 Å². The largest absolute Gasteiger partial charge is 0.368 e. The summed E-state index contributed by atoms with van der Waals surface area (Å²) in [7, 11) is 6.00. The molecular formula is C9H16N2. The van der Waals surface area contributed by atoms with Gasteiger partial charge in [0, 0.05) is 12.4 Å². The van der Waals surface area contributed by atoms with Gasteiger partial charge in [-0.25, -0.2) is 0 Å². The van der Waals surface area contributed by atoms with Gasteiger partial charge >= 0.3 is 0 Å². The van der Waals surface area contributed by atoms with Gasteiger partial charge in [0.1, 0.15) is 0 Å². The molecule has 0 aromatic heterocycles. The summed E-state index contributed by atoms with van der Waals surface area (Å²) in [6.45, 7) is 0. The summed E-state index contributed by atoms with van der Waals surface area (Å²) >= 11 is 0. The Morgan fingerprint density at radius 1 is 0.818 bits per heavy atom. The van der Waals surface area contributed by atoms with Gasteiger partial charge < -0.3 is 10.2 Å². The number of hydrogen-bond acceptors (Lipinski definition) is 2. The standard InChI is InChI=1S/C6H7N.C3H9N/c1-2-4-6-7-5-3-1;1-4(2)3/h1-7H;1-3H3. The molecule has 0 amide bonds. The molecule has 1 aliphatic rings. The highest BCUT2D eigenvalue weighted by Crippen LogP contribution is 1.81. The highest BCUT2D eigenvalue weighted by atomic mass is 15.0. The van der Waals surface area contributed by atoms with Gasteiger partial charge in [0.15, 0.2) is 0 Å². The van der Waals surface area contributed by atoms with E-state index in [-0.39, 0.29) is 0 Å². The molecule has 0 aromatic rings. The van der Waals surface area contributed by atoms with Crippen LogP contribution in [-0.2, 0) is 0 Å². The predicted molar refractivity (Wildman–Crippen MR) is 50.2 cm³/mol. The molecule has 1 aliphatic heterocycles. The molecule has 0 bridgehead atoms. The average Bonchev–Trinajstić information content (AvgIpc) is 2.13. The Kier molecular flexibility index (Phi) is 6.43. The highest BCUT2D eigenvalue weighted by molar-refractivity contribution is 5.14. The third kappa shape index (κ3) is 12.2. The zero-order chi connectivity index (χ0) is 8.53. The van der Waals surface area contributed by atoms with E-state index in [1.807, 2.05) is 62.7 Å². The van der Waals surface area contributed by atoms with Crippen LogP contribution in [-0.4, -0.2) is 26.0 Å². The molecule has 0 fully saturated rings. The minimum absolute atomic E-state index is 1.88. The summed E-state index contributed by atoms with van der Waals surface area (Å²) in [4.78, 5) is 2.00. The van der Waals surface area contributed by atoms with Crippen LogP contribution in [0.2, 0.25) is 0 Å². The van der Waals surface area contributed by atoms with E-state index in [2.05, 4.69) is 5.32 Å². The van der Waals surface area contributed by atoms with Crippen molar-refractivity contribution in [3.63, 3.8) is 0 Å². The quantitative estimate of drug-likeness (QED) is 0.563. The van der Waals surface area contributed by atoms with Crippen LogP contribution < -0.4 is 5.32 Å². The molecule has 0 radical (unpaired) electrons. The van der Waals surface area contributed by atoms with Crippen molar-refractivity contribution in [2.45, 2.75) is 0 Å². The average molecular weight is 152 g/mol. The van der Waals surface area contributed by atoms with E-state index in [1.165, 1.54) is 0 Å². The molecule has 2 heteroatoms. The molecule has 1 rings (SSSR count). The van der Waals surface area contributed by atoms with Crippen molar-refractivity contribution in [1.29, 1.82) is 0 Å². The van der Waals surface area contributed by atoms with E-state index in [0.29, 0.717) is 0 Å². The van der Waals surface area contributed by atoms with Crippen molar-refractivity contribution in [3.05, 3.63) is 36.7 Å². The van der Waals surface area contributed by atoms with Crippen LogP contribution in [0.1, 0.15) is 0 Å². The van der Waals surface area contributed by atoms with Crippen LogP contribution in [0, 0.1) is 0 Å². The number of nitrogens with one attached hydrogen (secondary N) is 1. The lowest BCUT2D eigenvalue weighted by Gasteiger charge is -1.90. The summed E-state index contributed by atoms with van der Waals surface area (Å²) in [5, 5.41) is 2.92. The fourth-order valence-electron chi connectivity index (χ4n) is 0.406. The SMILES string of the molecule is C1=CC=CNC=C1.CN(C)C. The molecule has 0 unspecified atom stereocenters. The Hall–Kier alpha value is -1.02. The lowest BCUT2D eigenvalue weighted by atomic mass is 10.5. The first-order valence-corrected chi connectivity index (χ1v) is 3.59. The number of rotatable bonds is 0. The van der Waals surface area contributed by atoms with Gasteiger partial charge in [0.25, 0.3) is 0 Å². The third-order valence-corrected chi connectivity index (χ3v) is 0.718. The first-order valence-electron chi connectivity index (χ1n) is 3.59. The molecule has 62 valence electrons. The number of allylic oxidation sites excluding steroid dienone is 4. The second kappa shape index (κ2) is 7.09. The van der Waals surface area contributed by atoms with Crippen molar-refractivity contribution in [3.8, 4) is 0 Å². The zero-order valence-corrected chi connectivity index (χ0v) is 7.41. The van der Waals surface area contributed by atoms with Crippen molar-refractivity contribution in [2.24, 2.45) is 0 Å². The van der Waals surface area contributed by atoms with Gasteiger partial charge in [-0.1, -0.05) is 12.2 Å². The summed E-state index contributed by atoms with van der Waals surface area (Å²) in [5.41, 5.74) is 0. The Morgan fingerprint density at radius 3 is 1.55 bits per heavy atom. The molecular weight excluding hydrogens is 136 g/mol. The molecule has 0 aliphatic carbocycles. The van der Waals surface area contributed by atoms with E-state index in [9.17, 15) is 0 Å². The second-order valence-electron chi connectivity index (χ2n) is 2.61. The third-order valence-electron chi connectivity index (χ3n) is 0.718. The molecule has 0 saturated heterocycles. The smallest absolute Gasteiger partial charge is 0.000442 e. The summed E-state index contributed by atoms with van der Waals surface area (Å²) in [5.74, 6) is 0. The van der Waals surface area contributed by atoms with E-state index < -0.39 is 0 Å². The maximum Gasteiger partial charge on any atom is 0.000442 e. The summed E-state index contributed by atoms with van der Waals surface area (Å²) < 4.78 is 0. The van der Waals surface area contributed by atoms with Gasteiger partial charge in [-0.3, -0.25) is 0 Å². The van der Waals surface area contributed by atoms with Crippen LogP contribution in [0.4, 0.5) is 0 Å². The van der Waals surface area contributed by atoms with Crippen molar-refractivity contribution in [1.82, 2.24) is 10.2 Å². The molecule has 1 N–H and O–H groups in total. The first-order chi connectivity index (χ1) is 5.23. The predicted octanol–water partition coefficient (Wildman–Crippen LogP) is 1.35. The number of hydrogen-bond donors (Lipinski definition) is 1. The molecule has 0 atom stereocenters. The van der Waals surface area contributed by atoms with E-state index in [0.717, 1.165) is 0 Å². The Balaban J connectivity index is 0.000000218. The maximum atomic E-state index is 2.92. The Labute approximate surface area is 68.9 Å². The first kappa shape index (κ1) is 9.98. The van der Waals surface area contributed by atoms with Crippen molar-refractivity contribution in [2.75, 3.05) is 21.1 Å².